The fourth-order valence-corrected chi connectivity index (χ4v) is 2.24. The number of rotatable bonds is 5. The van der Waals surface area contributed by atoms with Gasteiger partial charge < -0.3 is 33.3 Å². The first kappa shape index (κ1) is 28.6. The second kappa shape index (κ2) is 15.4. The van der Waals surface area contributed by atoms with E-state index in [0.717, 1.165) is 25.8 Å². The van der Waals surface area contributed by atoms with E-state index in [1.165, 1.54) is 17.5 Å². The van der Waals surface area contributed by atoms with E-state index in [-0.39, 0.29) is 26.1 Å². The smallest absolute Gasteiger partial charge is 0.137 e. The van der Waals surface area contributed by atoms with Crippen LogP contribution in [0.15, 0.2) is 24.3 Å². The molecule has 1 radical (unpaired) electrons. The number of nitrogens with one attached hydrogen (secondary N) is 1. The van der Waals surface area contributed by atoms with Crippen molar-refractivity contribution in [3.8, 4) is 0 Å². The summed E-state index contributed by atoms with van der Waals surface area (Å²) in [7, 11) is 3.95. The number of hydrogen-bond donors (Lipinski definition) is 2. The van der Waals surface area contributed by atoms with E-state index in [9.17, 15) is 9.59 Å². The molecule has 0 saturated carbocycles. The molecule has 2 atom stereocenters. The van der Waals surface area contributed by atoms with E-state index in [1.54, 1.807) is 13.8 Å². The van der Waals surface area contributed by atoms with Crippen molar-refractivity contribution < 1.29 is 29.7 Å². The number of nitrogens with two attached hydrogens (primary N) is 1. The first-order valence-corrected chi connectivity index (χ1v) is 9.33. The number of likely N-dealkylation sites (tertiary alicyclic amines) is 1. The van der Waals surface area contributed by atoms with Crippen molar-refractivity contribution >= 4 is 25.2 Å². The van der Waals surface area contributed by atoms with Crippen LogP contribution in [0.25, 0.3) is 0 Å². The summed E-state index contributed by atoms with van der Waals surface area (Å²) in [6.45, 7) is 7.65. The molecule has 2 rings (SSSR count). The van der Waals surface area contributed by atoms with E-state index in [0.29, 0.717) is 6.29 Å². The standard InChI is InChI=1S/C9H13N.C6H11NO.C5H11NOS.Ir/c1-8-3-5-9(6-4-8)7-10-2;1-7-4-2-3-6(7)5-8;1-5(2,8)4(6)3-7;/h3-6,10H,7H2,1-2H3;5-6H,2-4H2,1H3;3-4,8H,6H2,1-2H3;/p-1/t;6-;4-;/m.01./s1. The van der Waals surface area contributed by atoms with Crippen LogP contribution in [0.2, 0.25) is 0 Å². The van der Waals surface area contributed by atoms with Crippen molar-refractivity contribution in [3.63, 3.8) is 0 Å². The second-order valence-corrected chi connectivity index (χ2v) is 8.16. The molecule has 1 fully saturated rings. The predicted octanol–water partition coefficient (Wildman–Crippen LogP) is 1.83. The fraction of sp³-hybridized carbons (Fsp3) is 0.600. The normalized spacial score (nSPS) is 17.4. The van der Waals surface area contributed by atoms with Crippen LogP contribution in [0.3, 0.4) is 0 Å². The molecule has 0 aliphatic carbocycles. The molecule has 1 aliphatic rings. The van der Waals surface area contributed by atoms with Crippen LogP contribution >= 0.6 is 0 Å². The van der Waals surface area contributed by atoms with Gasteiger partial charge in [-0.15, -0.1) is 4.75 Å². The summed E-state index contributed by atoms with van der Waals surface area (Å²) in [5.41, 5.74) is 7.94. The van der Waals surface area contributed by atoms with E-state index < -0.39 is 10.8 Å². The zero-order valence-corrected chi connectivity index (χ0v) is 20.2. The molecular formula is C20H34IrN3O2S-. The Morgan fingerprint density at radius 1 is 1.33 bits per heavy atom. The molecule has 1 aromatic carbocycles. The Morgan fingerprint density at radius 3 is 2.15 bits per heavy atom. The van der Waals surface area contributed by atoms with Gasteiger partial charge in [0.2, 0.25) is 0 Å². The third-order valence-corrected chi connectivity index (χ3v) is 4.46. The quantitative estimate of drug-likeness (QED) is 0.414. The number of likely N-dealkylation sites (N-methyl/N-ethyl adjacent to an activating group) is 1. The van der Waals surface area contributed by atoms with Crippen LogP contribution in [0.4, 0.5) is 0 Å². The van der Waals surface area contributed by atoms with Crippen LogP contribution in [0, 0.1) is 6.92 Å². The van der Waals surface area contributed by atoms with E-state index in [2.05, 4.69) is 41.4 Å². The average Bonchev–Trinajstić information content (AvgIpc) is 3.02. The van der Waals surface area contributed by atoms with Crippen LogP contribution in [0.1, 0.15) is 37.8 Å². The number of nitrogens with zero attached hydrogens (tertiary/aromatic N) is 1. The van der Waals surface area contributed by atoms with Crippen molar-refractivity contribution in [1.82, 2.24) is 10.2 Å². The van der Waals surface area contributed by atoms with Crippen molar-refractivity contribution in [2.24, 2.45) is 5.73 Å². The van der Waals surface area contributed by atoms with Crippen LogP contribution in [0.5, 0.6) is 0 Å². The Labute approximate surface area is 183 Å². The fourth-order valence-electron chi connectivity index (χ4n) is 2.18. The Bertz CT molecular complexity index is 515. The van der Waals surface area contributed by atoms with E-state index in [4.69, 9.17) is 18.4 Å². The molecule has 1 saturated heterocycles. The van der Waals surface area contributed by atoms with Gasteiger partial charge in [-0.1, -0.05) is 43.7 Å². The Morgan fingerprint density at radius 2 is 1.89 bits per heavy atom. The summed E-state index contributed by atoms with van der Waals surface area (Å²) < 4.78 is -0.498. The molecule has 1 aromatic rings. The summed E-state index contributed by atoms with van der Waals surface area (Å²) in [5, 5.41) is 3.10. The third-order valence-electron chi connectivity index (χ3n) is 4.18. The maximum Gasteiger partial charge on any atom is 0.137 e. The molecule has 7 heteroatoms. The van der Waals surface area contributed by atoms with Crippen molar-refractivity contribution in [2.75, 3.05) is 20.6 Å². The SMILES string of the molecule is CC(C)([S-])[C@H](N)C=O.CN1CCC[C@H]1C=O.CNCc1ccc(C)cc1.[Ir]. The van der Waals surface area contributed by atoms with E-state index >= 15 is 0 Å². The number of aryl methyl sites for hydroxylation is 1. The number of carbonyl (C=O) groups excluding carboxylic acids is 2. The largest absolute Gasteiger partial charge is 0.784 e. The third kappa shape index (κ3) is 13.3. The Balaban J connectivity index is 0. The van der Waals surface area contributed by atoms with Crippen LogP contribution < -0.4 is 11.1 Å². The Hall–Kier alpha value is -0.561. The van der Waals surface area contributed by atoms with Gasteiger partial charge in [0.1, 0.15) is 12.6 Å². The molecule has 0 amide bonds. The minimum atomic E-state index is -0.516. The summed E-state index contributed by atoms with van der Waals surface area (Å²) in [4.78, 5) is 22.2. The van der Waals surface area contributed by atoms with Gasteiger partial charge in [0, 0.05) is 32.7 Å². The summed E-state index contributed by atoms with van der Waals surface area (Å²) in [6, 6.07) is 8.25. The van der Waals surface area contributed by atoms with Gasteiger partial charge in [0.05, 0.1) is 6.04 Å². The van der Waals surface area contributed by atoms with Crippen molar-refractivity contribution in [3.05, 3.63) is 35.4 Å². The first-order valence-electron chi connectivity index (χ1n) is 8.92. The molecule has 5 nitrogen and oxygen atoms in total. The number of aldehydes is 2. The molecule has 157 valence electrons. The summed E-state index contributed by atoms with van der Waals surface area (Å²) in [5.74, 6) is 0. The topological polar surface area (TPSA) is 75.4 Å². The minimum Gasteiger partial charge on any atom is -0.784 e. The molecule has 0 spiro atoms. The minimum absolute atomic E-state index is 0. The second-order valence-electron chi connectivity index (χ2n) is 7.11. The molecular weight excluding hydrogens is 539 g/mol. The van der Waals surface area contributed by atoms with Crippen LogP contribution in [-0.4, -0.2) is 54.9 Å². The summed E-state index contributed by atoms with van der Waals surface area (Å²) >= 11 is 4.85. The van der Waals surface area contributed by atoms with Gasteiger partial charge in [-0.25, -0.2) is 0 Å². The molecule has 27 heavy (non-hydrogen) atoms. The van der Waals surface area contributed by atoms with E-state index in [1.807, 2.05) is 14.1 Å². The number of benzene rings is 1. The summed E-state index contributed by atoms with van der Waals surface area (Å²) in [6.07, 6.45) is 3.94. The average molecular weight is 573 g/mol. The Kier molecular flexibility index (Phi) is 16.3. The monoisotopic (exact) mass is 573 g/mol. The molecule has 0 bridgehead atoms. The predicted molar refractivity (Wildman–Crippen MR) is 111 cm³/mol. The van der Waals surface area contributed by atoms with Gasteiger partial charge in [-0.2, -0.15) is 0 Å². The zero-order valence-electron chi connectivity index (χ0n) is 17.0. The molecule has 1 aliphatic heterocycles. The number of hydrogen-bond acceptors (Lipinski definition) is 6. The van der Waals surface area contributed by atoms with Gasteiger partial charge in [-0.05, 0) is 46.0 Å². The van der Waals surface area contributed by atoms with Gasteiger partial charge in [-0.3, -0.25) is 4.90 Å². The zero-order chi connectivity index (χ0) is 20.2. The van der Waals surface area contributed by atoms with Gasteiger partial charge >= 0.3 is 0 Å². The molecule has 0 unspecified atom stereocenters. The van der Waals surface area contributed by atoms with Gasteiger partial charge in [0.25, 0.3) is 0 Å². The molecule has 1 heterocycles. The molecule has 0 aromatic heterocycles. The van der Waals surface area contributed by atoms with Crippen molar-refractivity contribution in [2.45, 2.75) is 57.0 Å². The molecule has 3 N–H and O–H groups in total. The van der Waals surface area contributed by atoms with Crippen LogP contribution in [-0.2, 0) is 48.9 Å². The first-order chi connectivity index (χ1) is 12.1. The maximum atomic E-state index is 10.2. The van der Waals surface area contributed by atoms with Crippen molar-refractivity contribution in [1.29, 1.82) is 0 Å². The van der Waals surface area contributed by atoms with Gasteiger partial charge in [0.15, 0.2) is 0 Å². The maximum absolute atomic E-state index is 10.2. The number of carbonyl (C=O) groups is 2.